The standard InChI is InChI=1S/C29H31Cl2N3O3/c1-32(23-10-11-24(30)25(31)16-23)18-29(35)33(2)26(17-34-13-3-4-14-34)21-7-5-20(6-8-21)22-9-12-27-28(15-22)37-19-36-27/h5-12,15-16,26H,3-4,13-14,17-19H2,1-2H3. The maximum atomic E-state index is 13.4. The molecule has 3 aromatic carbocycles. The molecule has 6 nitrogen and oxygen atoms in total. The second kappa shape index (κ2) is 11.2. The molecule has 0 aromatic heterocycles. The van der Waals surface area contributed by atoms with Crippen molar-refractivity contribution in [3.8, 4) is 22.6 Å². The molecule has 2 aliphatic rings. The molecule has 1 unspecified atom stereocenters. The summed E-state index contributed by atoms with van der Waals surface area (Å²) in [5.74, 6) is 1.58. The van der Waals surface area contributed by atoms with Crippen molar-refractivity contribution in [1.29, 1.82) is 0 Å². The number of halogens is 2. The van der Waals surface area contributed by atoms with Crippen molar-refractivity contribution >= 4 is 34.8 Å². The zero-order chi connectivity index (χ0) is 25.9. The first-order valence-corrected chi connectivity index (χ1v) is 13.3. The van der Waals surface area contributed by atoms with E-state index in [4.69, 9.17) is 32.7 Å². The third-order valence-corrected chi connectivity index (χ3v) is 7.95. The second-order valence-corrected chi connectivity index (χ2v) is 10.5. The topological polar surface area (TPSA) is 45.3 Å². The van der Waals surface area contributed by atoms with Crippen LogP contribution in [0.1, 0.15) is 24.4 Å². The van der Waals surface area contributed by atoms with Crippen LogP contribution in [-0.2, 0) is 4.79 Å². The van der Waals surface area contributed by atoms with E-state index in [1.54, 1.807) is 12.1 Å². The largest absolute Gasteiger partial charge is 0.454 e. The Kier molecular flexibility index (Phi) is 7.79. The lowest BCUT2D eigenvalue weighted by Gasteiger charge is -2.33. The normalized spacial score (nSPS) is 15.6. The van der Waals surface area contributed by atoms with Crippen LogP contribution >= 0.6 is 23.2 Å². The Balaban J connectivity index is 1.34. The van der Waals surface area contributed by atoms with Gasteiger partial charge in [0.25, 0.3) is 0 Å². The zero-order valence-corrected chi connectivity index (χ0v) is 22.6. The molecule has 2 aliphatic heterocycles. The Hall–Kier alpha value is -2.93. The number of benzene rings is 3. The van der Waals surface area contributed by atoms with Gasteiger partial charge in [-0.3, -0.25) is 4.79 Å². The minimum absolute atomic E-state index is 0.0395. The van der Waals surface area contributed by atoms with Crippen molar-refractivity contribution in [3.63, 3.8) is 0 Å². The highest BCUT2D eigenvalue weighted by molar-refractivity contribution is 6.42. The van der Waals surface area contributed by atoms with Crippen LogP contribution in [0, 0.1) is 0 Å². The Labute approximate surface area is 228 Å². The number of likely N-dealkylation sites (tertiary alicyclic amines) is 1. The summed E-state index contributed by atoms with van der Waals surface area (Å²) in [5.41, 5.74) is 4.12. The summed E-state index contributed by atoms with van der Waals surface area (Å²) in [6, 6.07) is 19.8. The summed E-state index contributed by atoms with van der Waals surface area (Å²) in [4.78, 5) is 19.7. The highest BCUT2D eigenvalue weighted by Crippen LogP contribution is 2.36. The Morgan fingerprint density at radius 1 is 0.892 bits per heavy atom. The molecule has 0 N–H and O–H groups in total. The molecule has 0 spiro atoms. The van der Waals surface area contributed by atoms with E-state index < -0.39 is 0 Å². The van der Waals surface area contributed by atoms with Crippen LogP contribution < -0.4 is 14.4 Å². The minimum Gasteiger partial charge on any atom is -0.454 e. The number of carbonyl (C=O) groups excluding carboxylic acids is 1. The number of nitrogens with zero attached hydrogens (tertiary/aromatic N) is 3. The van der Waals surface area contributed by atoms with E-state index >= 15 is 0 Å². The van der Waals surface area contributed by atoms with Crippen LogP contribution in [0.3, 0.4) is 0 Å². The van der Waals surface area contributed by atoms with Crippen molar-refractivity contribution in [2.75, 3.05) is 52.0 Å². The Morgan fingerprint density at radius 3 is 2.32 bits per heavy atom. The van der Waals surface area contributed by atoms with E-state index in [1.807, 2.05) is 48.2 Å². The van der Waals surface area contributed by atoms with Gasteiger partial charge in [0.05, 0.1) is 22.6 Å². The van der Waals surface area contributed by atoms with Crippen LogP contribution in [0.15, 0.2) is 60.7 Å². The average molecular weight is 540 g/mol. The van der Waals surface area contributed by atoms with Gasteiger partial charge in [0.15, 0.2) is 11.5 Å². The van der Waals surface area contributed by atoms with E-state index in [-0.39, 0.29) is 25.3 Å². The molecule has 0 saturated carbocycles. The first kappa shape index (κ1) is 25.7. The highest BCUT2D eigenvalue weighted by atomic mass is 35.5. The Morgan fingerprint density at radius 2 is 1.59 bits per heavy atom. The molecule has 8 heteroatoms. The smallest absolute Gasteiger partial charge is 0.242 e. The summed E-state index contributed by atoms with van der Waals surface area (Å²) in [6.07, 6.45) is 2.40. The molecule has 1 amide bonds. The number of ether oxygens (including phenoxy) is 2. The van der Waals surface area contributed by atoms with Crippen molar-refractivity contribution < 1.29 is 14.3 Å². The van der Waals surface area contributed by atoms with Gasteiger partial charge in [0.1, 0.15) is 0 Å². The van der Waals surface area contributed by atoms with E-state index in [0.717, 1.165) is 53.5 Å². The van der Waals surface area contributed by atoms with Gasteiger partial charge in [-0.15, -0.1) is 0 Å². The van der Waals surface area contributed by atoms with Gasteiger partial charge in [-0.25, -0.2) is 0 Å². The van der Waals surface area contributed by atoms with Crippen LogP contribution in [0.2, 0.25) is 10.0 Å². The number of carbonyl (C=O) groups is 1. The molecule has 1 saturated heterocycles. The molecule has 5 rings (SSSR count). The predicted octanol–water partition coefficient (Wildman–Crippen LogP) is 6.12. The molecule has 194 valence electrons. The molecule has 37 heavy (non-hydrogen) atoms. The number of hydrogen-bond donors (Lipinski definition) is 0. The number of likely N-dealkylation sites (N-methyl/N-ethyl adjacent to an activating group) is 2. The van der Waals surface area contributed by atoms with E-state index in [0.29, 0.717) is 10.0 Å². The minimum atomic E-state index is -0.0568. The SMILES string of the molecule is CN(CC(=O)N(C)C(CN1CCCC1)c1ccc(-c2ccc3c(c2)OCO3)cc1)c1ccc(Cl)c(Cl)c1. The number of rotatable bonds is 8. The van der Waals surface area contributed by atoms with Crippen molar-refractivity contribution in [2.45, 2.75) is 18.9 Å². The first-order valence-electron chi connectivity index (χ1n) is 12.5. The van der Waals surface area contributed by atoms with Crippen LogP contribution in [-0.4, -0.2) is 62.8 Å². The van der Waals surface area contributed by atoms with Gasteiger partial charge >= 0.3 is 0 Å². The average Bonchev–Trinajstić information content (AvgIpc) is 3.60. The fraction of sp³-hybridized carbons (Fsp3) is 0.345. The van der Waals surface area contributed by atoms with Gasteiger partial charge in [0, 0.05) is 26.3 Å². The summed E-state index contributed by atoms with van der Waals surface area (Å²) in [6.45, 7) is 3.44. The van der Waals surface area contributed by atoms with Gasteiger partial charge in [-0.2, -0.15) is 0 Å². The fourth-order valence-corrected chi connectivity index (χ4v) is 5.23. The molecule has 0 aliphatic carbocycles. The summed E-state index contributed by atoms with van der Waals surface area (Å²) in [5, 5.41) is 0.971. The lowest BCUT2D eigenvalue weighted by Crippen LogP contribution is -2.42. The number of anilines is 1. The maximum Gasteiger partial charge on any atom is 0.242 e. The van der Waals surface area contributed by atoms with E-state index in [9.17, 15) is 4.79 Å². The number of hydrogen-bond acceptors (Lipinski definition) is 5. The highest BCUT2D eigenvalue weighted by Gasteiger charge is 2.26. The maximum absolute atomic E-state index is 13.4. The van der Waals surface area contributed by atoms with Gasteiger partial charge in [-0.05, 0) is 73.0 Å². The molecule has 0 bridgehead atoms. The van der Waals surface area contributed by atoms with Crippen LogP contribution in [0.5, 0.6) is 11.5 Å². The molecular formula is C29H31Cl2N3O3. The molecule has 1 fully saturated rings. The number of amides is 1. The zero-order valence-electron chi connectivity index (χ0n) is 21.1. The molecule has 3 aromatic rings. The second-order valence-electron chi connectivity index (χ2n) is 9.67. The summed E-state index contributed by atoms with van der Waals surface area (Å²) < 4.78 is 11.0. The predicted molar refractivity (Wildman–Crippen MR) is 149 cm³/mol. The first-order chi connectivity index (χ1) is 17.9. The van der Waals surface area contributed by atoms with Gasteiger partial charge < -0.3 is 24.2 Å². The summed E-state index contributed by atoms with van der Waals surface area (Å²) >= 11 is 12.3. The van der Waals surface area contributed by atoms with Crippen LogP contribution in [0.4, 0.5) is 5.69 Å². The lowest BCUT2D eigenvalue weighted by atomic mass is 9.99. The van der Waals surface area contributed by atoms with Crippen molar-refractivity contribution in [3.05, 3.63) is 76.3 Å². The van der Waals surface area contributed by atoms with Crippen molar-refractivity contribution in [1.82, 2.24) is 9.80 Å². The lowest BCUT2D eigenvalue weighted by molar-refractivity contribution is -0.131. The molecule has 0 radical (unpaired) electrons. The number of fused-ring (bicyclic) bond motifs is 1. The molecule has 1 atom stereocenters. The van der Waals surface area contributed by atoms with E-state index in [1.165, 1.54) is 12.8 Å². The van der Waals surface area contributed by atoms with Gasteiger partial charge in [-0.1, -0.05) is 53.5 Å². The van der Waals surface area contributed by atoms with Crippen molar-refractivity contribution in [2.24, 2.45) is 0 Å². The van der Waals surface area contributed by atoms with Crippen LogP contribution in [0.25, 0.3) is 11.1 Å². The third kappa shape index (κ3) is 5.82. The monoisotopic (exact) mass is 539 g/mol. The quantitative estimate of drug-likeness (QED) is 0.345. The molecular weight excluding hydrogens is 509 g/mol. The van der Waals surface area contributed by atoms with Gasteiger partial charge in [0.2, 0.25) is 12.7 Å². The molecule has 2 heterocycles. The fourth-order valence-electron chi connectivity index (χ4n) is 4.94. The van der Waals surface area contributed by atoms with E-state index in [2.05, 4.69) is 29.2 Å². The Bertz CT molecular complexity index is 1260. The summed E-state index contributed by atoms with van der Waals surface area (Å²) in [7, 11) is 3.79. The third-order valence-electron chi connectivity index (χ3n) is 7.21.